The lowest BCUT2D eigenvalue weighted by Gasteiger charge is -2.21. The average Bonchev–Trinajstić information content (AvgIpc) is 2.48. The lowest BCUT2D eigenvalue weighted by molar-refractivity contribution is -0.123. The van der Waals surface area contributed by atoms with E-state index in [9.17, 15) is 4.79 Å². The van der Waals surface area contributed by atoms with E-state index in [4.69, 9.17) is 34.8 Å². The number of carbonyl (C=O) groups excluding carboxylic acids is 1. The highest BCUT2D eigenvalue weighted by atomic mass is 35.5. The molecule has 23 heavy (non-hydrogen) atoms. The number of nitrogens with one attached hydrogen (secondary N) is 1. The lowest BCUT2D eigenvalue weighted by Crippen LogP contribution is -2.31. The number of benzene rings is 2. The summed E-state index contributed by atoms with van der Waals surface area (Å²) >= 11 is 17.9. The van der Waals surface area contributed by atoms with Crippen LogP contribution in [0.5, 0.6) is 0 Å². The smallest absolute Gasteiger partial charge is 0.228 e. The molecule has 0 aliphatic heterocycles. The number of hydrogen-bond donors (Lipinski definition) is 1. The Kier molecular flexibility index (Phi) is 6.34. The summed E-state index contributed by atoms with van der Waals surface area (Å²) in [5, 5.41) is 4.73. The minimum Gasteiger partial charge on any atom is -0.351 e. The van der Waals surface area contributed by atoms with Crippen molar-refractivity contribution in [2.24, 2.45) is 5.92 Å². The minimum atomic E-state index is -0.238. The van der Waals surface area contributed by atoms with E-state index in [0.717, 1.165) is 11.1 Å². The zero-order valence-corrected chi connectivity index (χ0v) is 15.2. The molecule has 2 rings (SSSR count). The van der Waals surface area contributed by atoms with E-state index in [1.165, 1.54) is 0 Å². The van der Waals surface area contributed by atoms with Gasteiger partial charge in [-0.15, -0.1) is 0 Å². The van der Waals surface area contributed by atoms with E-state index in [1.54, 1.807) is 24.3 Å². The van der Waals surface area contributed by atoms with Gasteiger partial charge in [-0.1, -0.05) is 66.8 Å². The molecule has 2 nitrogen and oxygen atoms in total. The topological polar surface area (TPSA) is 29.1 Å². The highest BCUT2D eigenvalue weighted by Crippen LogP contribution is 2.26. The first-order valence-corrected chi connectivity index (χ1v) is 8.49. The molecule has 0 aliphatic carbocycles. The van der Waals surface area contributed by atoms with Crippen LogP contribution >= 0.6 is 34.8 Å². The zero-order valence-electron chi connectivity index (χ0n) is 12.9. The predicted molar refractivity (Wildman–Crippen MR) is 97.3 cm³/mol. The second-order valence-corrected chi connectivity index (χ2v) is 7.01. The fourth-order valence-corrected chi connectivity index (χ4v) is 3.07. The molecular formula is C18H18Cl3NO. The third-order valence-electron chi connectivity index (χ3n) is 3.65. The van der Waals surface area contributed by atoms with Gasteiger partial charge in [0.15, 0.2) is 0 Å². The molecule has 0 heterocycles. The Morgan fingerprint density at radius 3 is 2.17 bits per heavy atom. The number of rotatable bonds is 5. The van der Waals surface area contributed by atoms with Crippen LogP contribution in [0.25, 0.3) is 0 Å². The number of halogens is 3. The normalized spacial score (nSPS) is 12.3. The quantitative estimate of drug-likeness (QED) is 0.718. The van der Waals surface area contributed by atoms with E-state index in [0.29, 0.717) is 21.6 Å². The largest absolute Gasteiger partial charge is 0.351 e. The van der Waals surface area contributed by atoms with E-state index in [2.05, 4.69) is 5.32 Å². The van der Waals surface area contributed by atoms with Crippen molar-refractivity contribution in [3.63, 3.8) is 0 Å². The first-order valence-electron chi connectivity index (χ1n) is 7.35. The summed E-state index contributed by atoms with van der Waals surface area (Å²) in [6.45, 7) is 4.41. The van der Waals surface area contributed by atoms with Crippen molar-refractivity contribution in [2.45, 2.75) is 26.3 Å². The monoisotopic (exact) mass is 369 g/mol. The fourth-order valence-electron chi connectivity index (χ4n) is 2.47. The second-order valence-electron chi connectivity index (χ2n) is 5.73. The van der Waals surface area contributed by atoms with E-state index in [-0.39, 0.29) is 17.7 Å². The first-order chi connectivity index (χ1) is 10.9. The molecule has 0 spiro atoms. The standard InChI is InChI=1S/C18H18Cl3NO/c1-11(2)17(12-3-6-14(19)7-4-12)18(23)22-10-13-5-8-15(20)9-16(13)21/h3-9,11,17H,10H2,1-2H3,(H,22,23). The predicted octanol–water partition coefficient (Wildman–Crippen LogP) is 5.70. The van der Waals surface area contributed by atoms with Gasteiger partial charge in [0, 0.05) is 21.6 Å². The van der Waals surface area contributed by atoms with Gasteiger partial charge in [-0.05, 0) is 41.3 Å². The maximum absolute atomic E-state index is 12.6. The summed E-state index contributed by atoms with van der Waals surface area (Å²) in [4.78, 5) is 12.6. The summed E-state index contributed by atoms with van der Waals surface area (Å²) < 4.78 is 0. The average molecular weight is 371 g/mol. The molecule has 0 aliphatic rings. The van der Waals surface area contributed by atoms with Crippen LogP contribution in [0.1, 0.15) is 30.9 Å². The van der Waals surface area contributed by atoms with Crippen molar-refractivity contribution < 1.29 is 4.79 Å². The molecule has 0 saturated heterocycles. The third kappa shape index (κ3) is 4.87. The van der Waals surface area contributed by atoms with Crippen LogP contribution in [0.3, 0.4) is 0 Å². The van der Waals surface area contributed by atoms with Crippen LogP contribution < -0.4 is 5.32 Å². The zero-order chi connectivity index (χ0) is 17.0. The van der Waals surface area contributed by atoms with Crippen molar-refractivity contribution >= 4 is 40.7 Å². The molecule has 5 heteroatoms. The minimum absolute atomic E-state index is 0.0339. The SMILES string of the molecule is CC(C)C(C(=O)NCc1ccc(Cl)cc1Cl)c1ccc(Cl)cc1. The number of carbonyl (C=O) groups is 1. The van der Waals surface area contributed by atoms with Gasteiger partial charge in [0.05, 0.1) is 5.92 Å². The maximum atomic E-state index is 12.6. The molecule has 1 atom stereocenters. The first kappa shape index (κ1) is 18.1. The van der Waals surface area contributed by atoms with Gasteiger partial charge < -0.3 is 5.32 Å². The molecule has 0 saturated carbocycles. The Hall–Kier alpha value is -1.22. The van der Waals surface area contributed by atoms with Gasteiger partial charge in [-0.25, -0.2) is 0 Å². The van der Waals surface area contributed by atoms with Crippen molar-refractivity contribution in [3.8, 4) is 0 Å². The van der Waals surface area contributed by atoms with Crippen LogP contribution in [-0.4, -0.2) is 5.91 Å². The number of hydrogen-bond acceptors (Lipinski definition) is 1. The van der Waals surface area contributed by atoms with Gasteiger partial charge >= 0.3 is 0 Å². The summed E-state index contributed by atoms with van der Waals surface area (Å²) in [5.41, 5.74) is 1.78. The maximum Gasteiger partial charge on any atom is 0.228 e. The Labute approximate surface area is 151 Å². The molecule has 0 aromatic heterocycles. The molecule has 122 valence electrons. The molecule has 1 unspecified atom stereocenters. The van der Waals surface area contributed by atoms with Crippen molar-refractivity contribution in [2.75, 3.05) is 0 Å². The molecule has 0 fully saturated rings. The molecule has 1 amide bonds. The summed E-state index contributed by atoms with van der Waals surface area (Å²) in [7, 11) is 0. The van der Waals surface area contributed by atoms with E-state index in [1.807, 2.05) is 32.0 Å². The Bertz CT molecular complexity index is 683. The Morgan fingerprint density at radius 1 is 1.00 bits per heavy atom. The second kappa shape index (κ2) is 8.05. The van der Waals surface area contributed by atoms with Crippen LogP contribution in [0, 0.1) is 5.92 Å². The molecule has 0 radical (unpaired) electrons. The highest BCUT2D eigenvalue weighted by molar-refractivity contribution is 6.35. The summed E-state index contributed by atoms with van der Waals surface area (Å²) in [5.74, 6) is -0.108. The Morgan fingerprint density at radius 2 is 1.61 bits per heavy atom. The molecule has 2 aromatic rings. The van der Waals surface area contributed by atoms with Crippen LogP contribution in [0.4, 0.5) is 0 Å². The van der Waals surface area contributed by atoms with E-state index < -0.39 is 0 Å². The van der Waals surface area contributed by atoms with Crippen LogP contribution in [-0.2, 0) is 11.3 Å². The summed E-state index contributed by atoms with van der Waals surface area (Å²) in [6, 6.07) is 12.6. The van der Waals surface area contributed by atoms with Gasteiger partial charge in [0.25, 0.3) is 0 Å². The van der Waals surface area contributed by atoms with Crippen molar-refractivity contribution in [3.05, 3.63) is 68.7 Å². The highest BCUT2D eigenvalue weighted by Gasteiger charge is 2.24. The fraction of sp³-hybridized carbons (Fsp3) is 0.278. The van der Waals surface area contributed by atoms with Gasteiger partial charge in [-0.2, -0.15) is 0 Å². The molecule has 1 N–H and O–H groups in total. The third-order valence-corrected chi connectivity index (χ3v) is 4.49. The van der Waals surface area contributed by atoms with Crippen molar-refractivity contribution in [1.82, 2.24) is 5.32 Å². The molecule has 2 aromatic carbocycles. The van der Waals surface area contributed by atoms with E-state index >= 15 is 0 Å². The Balaban J connectivity index is 2.11. The lowest BCUT2D eigenvalue weighted by atomic mass is 9.87. The van der Waals surface area contributed by atoms with Gasteiger partial charge in [0.2, 0.25) is 5.91 Å². The summed E-state index contributed by atoms with van der Waals surface area (Å²) in [6.07, 6.45) is 0. The van der Waals surface area contributed by atoms with Crippen LogP contribution in [0.2, 0.25) is 15.1 Å². The van der Waals surface area contributed by atoms with Crippen LogP contribution in [0.15, 0.2) is 42.5 Å². The molecule has 0 bridgehead atoms. The van der Waals surface area contributed by atoms with Gasteiger partial charge in [0.1, 0.15) is 0 Å². The van der Waals surface area contributed by atoms with Crippen molar-refractivity contribution in [1.29, 1.82) is 0 Å². The number of amides is 1. The van der Waals surface area contributed by atoms with Gasteiger partial charge in [-0.3, -0.25) is 4.79 Å². The molecular weight excluding hydrogens is 353 g/mol.